The van der Waals surface area contributed by atoms with Crippen molar-refractivity contribution in [2.75, 3.05) is 24.9 Å². The number of halogens is 6. The third-order valence-electron chi connectivity index (χ3n) is 12.3. The molecule has 6 N–H and O–H groups in total. The van der Waals surface area contributed by atoms with E-state index in [0.29, 0.717) is 24.0 Å². The van der Waals surface area contributed by atoms with Crippen molar-refractivity contribution in [1.29, 1.82) is 0 Å². The van der Waals surface area contributed by atoms with E-state index in [0.717, 1.165) is 22.3 Å². The van der Waals surface area contributed by atoms with E-state index in [9.17, 15) is 46.1 Å². The van der Waals surface area contributed by atoms with Crippen LogP contribution in [0.3, 0.4) is 0 Å². The third kappa shape index (κ3) is 12.5. The Kier molecular flexibility index (Phi) is 17.1. The maximum Gasteiger partial charge on any atom is 0.395 e. The van der Waals surface area contributed by atoms with Crippen LogP contribution in [0.15, 0.2) is 72.8 Å². The van der Waals surface area contributed by atoms with Gasteiger partial charge in [0.05, 0.1) is 61.7 Å². The monoisotopic (exact) mass is 944 g/mol. The molecule has 0 aromatic heterocycles. The van der Waals surface area contributed by atoms with Gasteiger partial charge in [0.2, 0.25) is 0 Å². The maximum absolute atomic E-state index is 13.8. The Bertz CT molecular complexity index is 2190. The number of fused-ring (bicyclic) bond motifs is 2. The Balaban J connectivity index is 0.000000288. The summed E-state index contributed by atoms with van der Waals surface area (Å²) in [6.07, 6.45) is -10.0. The van der Waals surface area contributed by atoms with Crippen LogP contribution in [-0.2, 0) is 23.7 Å². The van der Waals surface area contributed by atoms with Gasteiger partial charge in [-0.05, 0) is 82.0 Å². The lowest BCUT2D eigenvalue weighted by Crippen LogP contribution is -2.40. The van der Waals surface area contributed by atoms with Gasteiger partial charge >= 0.3 is 24.4 Å². The van der Waals surface area contributed by atoms with Crippen LogP contribution in [0.4, 0.5) is 47.3 Å². The molecule has 0 radical (unpaired) electrons. The maximum atomic E-state index is 13.8. The van der Waals surface area contributed by atoms with Crippen molar-refractivity contribution in [1.82, 2.24) is 10.6 Å². The van der Waals surface area contributed by atoms with E-state index >= 15 is 0 Å². The topological polar surface area (TPSA) is 141 Å². The second-order valence-electron chi connectivity index (χ2n) is 18.9. The van der Waals surface area contributed by atoms with Crippen LogP contribution in [-0.4, -0.2) is 60.9 Å². The molecular weight excluding hydrogens is 879 g/mol. The number of benzene rings is 4. The zero-order valence-corrected chi connectivity index (χ0v) is 39.0. The molecule has 0 saturated carbocycles. The number of alkyl halides is 6. The Morgan fingerprint density at radius 3 is 1.21 bits per heavy atom. The Labute approximate surface area is 390 Å². The SMILES string of the molecule is C.CC[C@@H](c1cc(C(C)(C)C)cc(NC(=O)N[C@@H]2Cc3ccccc3[C@@H]2O)c1OC)C(F)(F)F.CC[C@H](c1cc(C(C)(C)C)cc(NC(=O)N[C@@H]2Cc3ccccc3[C@@H]2O)c1OC)C(F)(F)F. The minimum Gasteiger partial charge on any atom is -0.494 e. The Morgan fingerprint density at radius 2 is 0.940 bits per heavy atom. The first-order valence-electron chi connectivity index (χ1n) is 22.0. The molecule has 67 heavy (non-hydrogen) atoms. The molecule has 4 aromatic rings. The third-order valence-corrected chi connectivity index (χ3v) is 12.3. The molecule has 10 nitrogen and oxygen atoms in total. The fraction of sp³-hybridized carbons (Fsp3) is 0.490. The number of urea groups is 2. The average molecular weight is 945 g/mol. The van der Waals surface area contributed by atoms with Gasteiger partial charge in [-0.2, -0.15) is 26.3 Å². The van der Waals surface area contributed by atoms with Crippen LogP contribution in [0.5, 0.6) is 11.5 Å². The number of nitrogens with one attached hydrogen (secondary N) is 4. The van der Waals surface area contributed by atoms with Crippen molar-refractivity contribution in [2.24, 2.45) is 0 Å². The second-order valence-corrected chi connectivity index (χ2v) is 18.9. The molecule has 4 aromatic carbocycles. The largest absolute Gasteiger partial charge is 0.494 e. The number of hydrogen-bond donors (Lipinski definition) is 6. The quantitative estimate of drug-likeness (QED) is 0.0875. The zero-order chi connectivity index (χ0) is 49.1. The molecule has 2 aliphatic carbocycles. The van der Waals surface area contributed by atoms with Crippen molar-refractivity contribution < 1.29 is 55.6 Å². The first kappa shape index (κ1) is 54.1. The highest BCUT2D eigenvalue weighted by Crippen LogP contribution is 2.48. The number of methoxy groups -OCH3 is 2. The van der Waals surface area contributed by atoms with Crippen molar-refractivity contribution >= 4 is 23.4 Å². The van der Waals surface area contributed by atoms with E-state index in [1.165, 1.54) is 40.2 Å². The predicted octanol–water partition coefficient (Wildman–Crippen LogP) is 12.3. The van der Waals surface area contributed by atoms with E-state index in [1.807, 2.05) is 90.1 Å². The minimum atomic E-state index is -4.46. The highest BCUT2D eigenvalue weighted by atomic mass is 19.4. The van der Waals surface area contributed by atoms with E-state index in [2.05, 4.69) is 21.3 Å². The first-order chi connectivity index (χ1) is 30.7. The van der Waals surface area contributed by atoms with Gasteiger partial charge in [-0.25, -0.2) is 9.59 Å². The molecule has 4 amide bonds. The number of aliphatic hydroxyl groups excluding tert-OH is 2. The smallest absolute Gasteiger partial charge is 0.395 e. The lowest BCUT2D eigenvalue weighted by Gasteiger charge is -2.28. The van der Waals surface area contributed by atoms with Crippen LogP contribution in [0.25, 0.3) is 0 Å². The number of aliphatic hydroxyl groups is 2. The second kappa shape index (κ2) is 21.2. The number of carbonyl (C=O) groups is 2. The summed E-state index contributed by atoms with van der Waals surface area (Å²) in [6.45, 7) is 14.3. The van der Waals surface area contributed by atoms with Crippen molar-refractivity contribution in [3.05, 3.63) is 117 Å². The van der Waals surface area contributed by atoms with E-state index in [1.54, 1.807) is 12.1 Å². The highest BCUT2D eigenvalue weighted by molar-refractivity contribution is 5.93. The molecular formula is C51H66F6N4O6. The average Bonchev–Trinajstić information content (AvgIpc) is 3.70. The van der Waals surface area contributed by atoms with E-state index in [-0.39, 0.29) is 54.3 Å². The fourth-order valence-corrected chi connectivity index (χ4v) is 8.64. The lowest BCUT2D eigenvalue weighted by molar-refractivity contribution is -0.152. The van der Waals surface area contributed by atoms with Gasteiger partial charge in [-0.3, -0.25) is 0 Å². The molecule has 0 unspecified atom stereocenters. The normalized spacial score (nSPS) is 18.8. The molecule has 0 heterocycles. The molecule has 6 rings (SSSR count). The zero-order valence-electron chi connectivity index (χ0n) is 39.0. The Hall–Kier alpha value is -5.48. The first-order valence-corrected chi connectivity index (χ1v) is 22.0. The van der Waals surface area contributed by atoms with Gasteiger partial charge in [0.15, 0.2) is 0 Å². The van der Waals surface area contributed by atoms with Gasteiger partial charge in [0.1, 0.15) is 11.5 Å². The summed E-state index contributed by atoms with van der Waals surface area (Å²) in [5.74, 6) is -3.50. The van der Waals surface area contributed by atoms with Crippen LogP contribution in [0.1, 0.15) is 144 Å². The van der Waals surface area contributed by atoms with E-state index in [4.69, 9.17) is 9.47 Å². The van der Waals surface area contributed by atoms with Gasteiger partial charge in [0, 0.05) is 11.1 Å². The summed E-state index contributed by atoms with van der Waals surface area (Å²) in [4.78, 5) is 25.7. The molecule has 368 valence electrons. The number of ether oxygens (including phenoxy) is 2. The summed E-state index contributed by atoms with van der Waals surface area (Å²) < 4.78 is 93.6. The van der Waals surface area contributed by atoms with Crippen LogP contribution in [0, 0.1) is 0 Å². The molecule has 2 aliphatic rings. The standard InChI is InChI=1S/2C25H31F3N2O3.CH4/c2*1-6-18(25(26,27)28)17-12-15(24(2,3)4)13-20(22(17)33-5)30-23(32)29-19-11-14-9-7-8-10-16(14)21(19)31;/h2*7-10,12-13,18-19,21,31H,6,11H2,1-5H3,(H2,29,30,32);1H4/t18-,19+,21-;18-,19-,21+;/m01./s1. The molecule has 0 saturated heterocycles. The molecule has 0 spiro atoms. The number of rotatable bonds is 10. The van der Waals surface area contributed by atoms with Crippen molar-refractivity contribution in [3.8, 4) is 11.5 Å². The van der Waals surface area contributed by atoms with Crippen LogP contribution >= 0.6 is 0 Å². The summed E-state index contributed by atoms with van der Waals surface area (Å²) in [7, 11) is 2.58. The van der Waals surface area contributed by atoms with Gasteiger partial charge < -0.3 is 41.0 Å². The molecule has 16 heteroatoms. The Morgan fingerprint density at radius 1 is 0.612 bits per heavy atom. The minimum absolute atomic E-state index is 0. The van der Waals surface area contributed by atoms with Crippen LogP contribution < -0.4 is 30.7 Å². The summed E-state index contributed by atoms with van der Waals surface area (Å²) in [5.41, 5.74) is 4.07. The number of carbonyl (C=O) groups excluding carboxylic acids is 2. The molecule has 0 fully saturated rings. The number of hydrogen-bond acceptors (Lipinski definition) is 6. The van der Waals surface area contributed by atoms with Crippen molar-refractivity contribution in [2.45, 2.75) is 148 Å². The summed E-state index contributed by atoms with van der Waals surface area (Å²) >= 11 is 0. The number of amides is 4. The van der Waals surface area contributed by atoms with Gasteiger partial charge in [0.25, 0.3) is 0 Å². The van der Waals surface area contributed by atoms with Crippen molar-refractivity contribution in [3.63, 3.8) is 0 Å². The molecule has 6 atom stereocenters. The van der Waals surface area contributed by atoms with Gasteiger partial charge in [-0.1, -0.05) is 123 Å². The number of anilines is 2. The molecule has 0 aliphatic heterocycles. The van der Waals surface area contributed by atoms with Crippen LogP contribution in [0.2, 0.25) is 0 Å². The van der Waals surface area contributed by atoms with Gasteiger partial charge in [-0.15, -0.1) is 0 Å². The predicted molar refractivity (Wildman–Crippen MR) is 250 cm³/mol. The fourth-order valence-electron chi connectivity index (χ4n) is 8.64. The van der Waals surface area contributed by atoms with E-state index < -0.39 is 71.4 Å². The summed E-state index contributed by atoms with van der Waals surface area (Å²) in [5, 5.41) is 31.9. The lowest BCUT2D eigenvalue weighted by atomic mass is 9.83. The molecule has 0 bridgehead atoms. The highest BCUT2D eigenvalue weighted by Gasteiger charge is 2.44. The summed E-state index contributed by atoms with van der Waals surface area (Å²) in [6, 6.07) is 18.8.